The summed E-state index contributed by atoms with van der Waals surface area (Å²) in [6.45, 7) is 2.83. The first-order chi connectivity index (χ1) is 28.4. The van der Waals surface area contributed by atoms with Crippen molar-refractivity contribution in [3.63, 3.8) is 0 Å². The van der Waals surface area contributed by atoms with Gasteiger partial charge in [0.15, 0.2) is 5.78 Å². The summed E-state index contributed by atoms with van der Waals surface area (Å²) in [7, 11) is 4.96. The van der Waals surface area contributed by atoms with E-state index in [2.05, 4.69) is 15.2 Å². The molecule has 0 radical (unpaired) electrons. The van der Waals surface area contributed by atoms with Crippen LogP contribution in [-0.2, 0) is 32.8 Å². The number of hydrogen-bond acceptors (Lipinski definition) is 12. The number of hydrogen-bond donors (Lipinski definition) is 1. The van der Waals surface area contributed by atoms with Crippen LogP contribution in [0.1, 0.15) is 58.4 Å². The Kier molecular flexibility index (Phi) is 10.7. The fourth-order valence-corrected chi connectivity index (χ4v) is 8.41. The van der Waals surface area contributed by atoms with Gasteiger partial charge < -0.3 is 23.7 Å². The second kappa shape index (κ2) is 16.1. The van der Waals surface area contributed by atoms with E-state index in [0.29, 0.717) is 56.0 Å². The number of benzene rings is 2. The van der Waals surface area contributed by atoms with Crippen LogP contribution in [0.3, 0.4) is 0 Å². The van der Waals surface area contributed by atoms with E-state index in [4.69, 9.17) is 14.2 Å². The van der Waals surface area contributed by atoms with Gasteiger partial charge in [0.05, 0.1) is 36.3 Å². The average Bonchev–Trinajstić information content (AvgIpc) is 3.99. The van der Waals surface area contributed by atoms with Gasteiger partial charge >= 0.3 is 0 Å². The number of fused-ring (bicyclic) bond motifs is 2. The molecule has 5 heterocycles. The molecule has 3 atom stereocenters. The van der Waals surface area contributed by atoms with Crippen molar-refractivity contribution in [3.05, 3.63) is 82.0 Å². The zero-order chi connectivity index (χ0) is 41.5. The number of pyridine rings is 2. The molecule has 0 spiro atoms. The number of Topliss-reactive ketones (excluding diaryl/α,β-unsaturated/α-hetero) is 1. The summed E-state index contributed by atoms with van der Waals surface area (Å²) in [5.74, 6) is -0.874. The summed E-state index contributed by atoms with van der Waals surface area (Å²) in [4.78, 5) is 98.1. The number of methoxy groups -OCH3 is 2. The maximum absolute atomic E-state index is 13.4. The summed E-state index contributed by atoms with van der Waals surface area (Å²) >= 11 is 0. The first-order valence-electron chi connectivity index (χ1n) is 19.7. The molecule has 2 aromatic carbocycles. The van der Waals surface area contributed by atoms with E-state index in [1.54, 1.807) is 44.4 Å². The van der Waals surface area contributed by atoms with Crippen LogP contribution in [0.25, 0.3) is 21.9 Å². The molecule has 1 saturated carbocycles. The predicted octanol–water partition coefficient (Wildman–Crippen LogP) is 2.73. The Labute approximate surface area is 339 Å². The molecule has 1 aliphatic carbocycles. The maximum Gasteiger partial charge on any atom is 0.262 e. The number of piperidine rings is 1. The van der Waals surface area contributed by atoms with Gasteiger partial charge in [-0.1, -0.05) is 0 Å². The van der Waals surface area contributed by atoms with Crippen LogP contribution in [0.4, 0.5) is 0 Å². The monoisotopic (exact) mass is 804 g/mol. The number of rotatable bonds is 13. The normalized spacial score (nSPS) is 20.4. The molecule has 5 amide bonds. The average molecular weight is 805 g/mol. The van der Waals surface area contributed by atoms with E-state index < -0.39 is 29.7 Å². The molecule has 1 N–H and O–H groups in total. The number of imide groups is 2. The number of amides is 5. The van der Waals surface area contributed by atoms with Gasteiger partial charge in [-0.05, 0) is 72.5 Å². The Morgan fingerprint density at radius 2 is 1.61 bits per heavy atom. The Bertz CT molecular complexity index is 2450. The lowest BCUT2D eigenvalue weighted by Gasteiger charge is -2.35. The van der Waals surface area contributed by atoms with Crippen molar-refractivity contribution in [1.29, 1.82) is 0 Å². The topological polar surface area (TPSA) is 187 Å². The SMILES string of the molecule is COc1cc(-c2cn(C)c(=O)c3cnccc23)cc(OC)c1CN1CCN(C(=O)C2CC2CCC(=O)COc2ccc3c(c2)C(=O)N(C2CCC(=O)NC2=O)C3=O)CC1. The molecule has 8 rings (SSSR count). The van der Waals surface area contributed by atoms with Gasteiger partial charge in [-0.3, -0.25) is 53.7 Å². The maximum atomic E-state index is 13.4. The standard InChI is InChI=1S/C43H44N6O10/c1-46-21-33(28-10-11-44-20-32(28)40(46)53)25-17-36(57-2)34(37(18-25)58-3)22-47-12-14-48(15-13-47)41(54)30-16-24(30)4-5-26(50)23-59-27-6-7-29-31(19-27)43(56)49(42(29)55)35-8-9-38(51)45-39(35)52/h6-7,10-11,17-21,24,30,35H,4-5,8-9,12-16,22-23H2,1-3H3,(H,45,51,52). The number of ether oxygens (including phenoxy) is 3. The van der Waals surface area contributed by atoms with Crippen LogP contribution < -0.4 is 25.1 Å². The Hall–Kier alpha value is -6.42. The molecular formula is C43H44N6O10. The van der Waals surface area contributed by atoms with Gasteiger partial charge in [-0.25, -0.2) is 0 Å². The van der Waals surface area contributed by atoms with E-state index in [1.807, 2.05) is 23.1 Å². The molecule has 3 aliphatic heterocycles. The lowest BCUT2D eigenvalue weighted by molar-refractivity contribution is -0.136. The zero-order valence-corrected chi connectivity index (χ0v) is 33.0. The minimum atomic E-state index is -1.07. The predicted molar refractivity (Wildman–Crippen MR) is 212 cm³/mol. The number of piperazine rings is 1. The molecule has 306 valence electrons. The van der Waals surface area contributed by atoms with E-state index in [9.17, 15) is 33.6 Å². The van der Waals surface area contributed by atoms with Crippen LogP contribution in [-0.4, -0.2) is 113 Å². The third-order valence-corrected chi connectivity index (χ3v) is 11.8. The van der Waals surface area contributed by atoms with Gasteiger partial charge in [0.1, 0.15) is 29.9 Å². The first kappa shape index (κ1) is 39.4. The number of nitrogens with zero attached hydrogens (tertiary/aromatic N) is 5. The fourth-order valence-electron chi connectivity index (χ4n) is 8.41. The van der Waals surface area contributed by atoms with Gasteiger partial charge in [-0.15, -0.1) is 0 Å². The smallest absolute Gasteiger partial charge is 0.262 e. The van der Waals surface area contributed by atoms with E-state index >= 15 is 0 Å². The molecular weight excluding hydrogens is 761 g/mol. The minimum absolute atomic E-state index is 0.0247. The van der Waals surface area contributed by atoms with Gasteiger partial charge in [0, 0.05) is 82.7 Å². The van der Waals surface area contributed by atoms with Gasteiger partial charge in [0.25, 0.3) is 17.4 Å². The number of carbonyl (C=O) groups is 6. The van der Waals surface area contributed by atoms with Crippen molar-refractivity contribution in [2.24, 2.45) is 18.9 Å². The molecule has 4 aliphatic rings. The fraction of sp³-hybridized carbons (Fsp3) is 0.395. The van der Waals surface area contributed by atoms with Crippen molar-refractivity contribution in [2.75, 3.05) is 47.0 Å². The molecule has 59 heavy (non-hydrogen) atoms. The van der Waals surface area contributed by atoms with Crippen molar-refractivity contribution >= 4 is 46.1 Å². The molecule has 16 heteroatoms. The highest BCUT2D eigenvalue weighted by Crippen LogP contribution is 2.44. The Morgan fingerprint density at radius 1 is 0.881 bits per heavy atom. The lowest BCUT2D eigenvalue weighted by atomic mass is 9.98. The quantitative estimate of drug-likeness (QED) is 0.195. The number of aromatic nitrogens is 2. The summed E-state index contributed by atoms with van der Waals surface area (Å²) < 4.78 is 19.0. The van der Waals surface area contributed by atoms with E-state index in [-0.39, 0.29) is 71.8 Å². The van der Waals surface area contributed by atoms with Gasteiger partial charge in [0.2, 0.25) is 17.7 Å². The number of nitrogens with one attached hydrogen (secondary N) is 1. The lowest BCUT2D eigenvalue weighted by Crippen LogP contribution is -2.54. The van der Waals surface area contributed by atoms with Crippen LogP contribution in [0.2, 0.25) is 0 Å². The summed E-state index contributed by atoms with van der Waals surface area (Å²) in [5, 5.41) is 3.48. The van der Waals surface area contributed by atoms with Crippen LogP contribution in [0.15, 0.2) is 59.8 Å². The second-order valence-electron chi connectivity index (χ2n) is 15.5. The summed E-state index contributed by atoms with van der Waals surface area (Å²) in [5.41, 5.74) is 2.66. The molecule has 4 aromatic rings. The van der Waals surface area contributed by atoms with Crippen molar-refractivity contribution in [3.8, 4) is 28.4 Å². The van der Waals surface area contributed by atoms with Crippen LogP contribution in [0.5, 0.6) is 17.2 Å². The molecule has 16 nitrogen and oxygen atoms in total. The Morgan fingerprint density at radius 3 is 2.32 bits per heavy atom. The van der Waals surface area contributed by atoms with E-state index in [1.165, 1.54) is 18.2 Å². The molecule has 2 aromatic heterocycles. The van der Waals surface area contributed by atoms with Gasteiger partial charge in [-0.2, -0.15) is 0 Å². The summed E-state index contributed by atoms with van der Waals surface area (Å²) in [6, 6.07) is 9.01. The second-order valence-corrected chi connectivity index (χ2v) is 15.5. The third-order valence-electron chi connectivity index (χ3n) is 11.8. The molecule has 2 saturated heterocycles. The highest BCUT2D eigenvalue weighted by molar-refractivity contribution is 6.23. The largest absolute Gasteiger partial charge is 0.496 e. The highest BCUT2D eigenvalue weighted by Gasteiger charge is 2.46. The third kappa shape index (κ3) is 7.67. The highest BCUT2D eigenvalue weighted by atomic mass is 16.5. The van der Waals surface area contributed by atoms with Crippen molar-refractivity contribution in [2.45, 2.75) is 44.7 Å². The molecule has 3 unspecified atom stereocenters. The molecule has 0 bridgehead atoms. The van der Waals surface area contributed by atoms with Crippen molar-refractivity contribution in [1.82, 2.24) is 29.6 Å². The van der Waals surface area contributed by atoms with E-state index in [0.717, 1.165) is 33.4 Å². The Balaban J connectivity index is 0.807. The molecule has 3 fully saturated rings. The number of aryl methyl sites for hydroxylation is 1. The zero-order valence-electron chi connectivity index (χ0n) is 33.0. The summed E-state index contributed by atoms with van der Waals surface area (Å²) in [6.07, 6.45) is 6.68. The van der Waals surface area contributed by atoms with Crippen molar-refractivity contribution < 1.29 is 43.0 Å². The number of ketones is 1. The number of carbonyl (C=O) groups excluding carboxylic acids is 6. The minimum Gasteiger partial charge on any atom is -0.496 e. The van der Waals surface area contributed by atoms with Crippen LogP contribution >= 0.6 is 0 Å². The van der Waals surface area contributed by atoms with Crippen LogP contribution in [0, 0.1) is 11.8 Å². The first-order valence-corrected chi connectivity index (χ1v) is 19.7.